The van der Waals surface area contributed by atoms with Crippen molar-refractivity contribution in [3.05, 3.63) is 42.2 Å². The van der Waals surface area contributed by atoms with Gasteiger partial charge >= 0.3 is 0 Å². The topological polar surface area (TPSA) is 38.3 Å². The van der Waals surface area contributed by atoms with Gasteiger partial charge in [-0.15, -0.1) is 0 Å². The molecular weight excluding hydrogens is 233 g/mol. The summed E-state index contributed by atoms with van der Waals surface area (Å²) in [4.78, 5) is 11.3. The maximum absolute atomic E-state index is 12.6. The van der Waals surface area contributed by atoms with Crippen LogP contribution in [0.4, 0.5) is 4.39 Å². The first-order valence-electron chi connectivity index (χ1n) is 5.87. The van der Waals surface area contributed by atoms with E-state index in [-0.39, 0.29) is 11.7 Å². The molecule has 18 heavy (non-hydrogen) atoms. The largest absolute Gasteiger partial charge is 0.494 e. The summed E-state index contributed by atoms with van der Waals surface area (Å²) >= 11 is 0. The van der Waals surface area contributed by atoms with Crippen molar-refractivity contribution in [1.29, 1.82) is 0 Å². The molecule has 1 N–H and O–H groups in total. The molecule has 0 spiro atoms. The Labute approximate surface area is 107 Å². The van der Waals surface area contributed by atoms with E-state index in [9.17, 15) is 9.18 Å². The Balaban J connectivity index is 2.13. The van der Waals surface area contributed by atoms with Gasteiger partial charge in [0.05, 0.1) is 6.61 Å². The van der Waals surface area contributed by atoms with E-state index in [0.29, 0.717) is 31.7 Å². The number of halogens is 1. The van der Waals surface area contributed by atoms with Gasteiger partial charge in [0.1, 0.15) is 11.6 Å². The Kier molecular flexibility index (Phi) is 5.91. The molecule has 4 heteroatoms. The molecule has 0 atom stereocenters. The van der Waals surface area contributed by atoms with Crippen LogP contribution in [0.3, 0.4) is 0 Å². The average molecular weight is 251 g/mol. The zero-order valence-electron chi connectivity index (χ0n) is 10.5. The van der Waals surface area contributed by atoms with Crippen molar-refractivity contribution in [1.82, 2.24) is 5.32 Å². The molecule has 1 aromatic rings. The number of carbonyl (C=O) groups is 1. The zero-order chi connectivity index (χ0) is 13.4. The van der Waals surface area contributed by atoms with E-state index in [1.54, 1.807) is 12.1 Å². The summed E-state index contributed by atoms with van der Waals surface area (Å²) < 4.78 is 18.0. The third-order valence-corrected chi connectivity index (χ3v) is 2.22. The molecule has 0 heterocycles. The smallest absolute Gasteiger partial charge is 0.220 e. The number of hydrogen-bond donors (Lipinski definition) is 1. The van der Waals surface area contributed by atoms with Gasteiger partial charge in [0.25, 0.3) is 0 Å². The van der Waals surface area contributed by atoms with E-state index in [2.05, 4.69) is 11.9 Å². The van der Waals surface area contributed by atoms with Crippen LogP contribution in [0.2, 0.25) is 0 Å². The summed E-state index contributed by atoms with van der Waals surface area (Å²) in [6.45, 7) is 6.51. The Bertz CT molecular complexity index is 401. The monoisotopic (exact) mass is 251 g/mol. The van der Waals surface area contributed by atoms with Crippen LogP contribution in [-0.2, 0) is 4.79 Å². The van der Waals surface area contributed by atoms with E-state index in [4.69, 9.17) is 4.74 Å². The molecule has 0 radical (unpaired) electrons. The highest BCUT2D eigenvalue weighted by Gasteiger charge is 2.01. The lowest BCUT2D eigenvalue weighted by Crippen LogP contribution is -2.24. The molecule has 0 saturated heterocycles. The molecule has 1 rings (SSSR count). The average Bonchev–Trinajstić information content (AvgIpc) is 2.34. The number of carbonyl (C=O) groups excluding carboxylic acids is 1. The molecule has 0 aliphatic rings. The van der Waals surface area contributed by atoms with Crippen molar-refractivity contribution in [2.45, 2.75) is 19.8 Å². The summed E-state index contributed by atoms with van der Waals surface area (Å²) in [6, 6.07) is 5.82. The number of ether oxygens (including phenoxy) is 1. The van der Waals surface area contributed by atoms with Crippen LogP contribution in [0, 0.1) is 5.82 Å². The molecule has 0 unspecified atom stereocenters. The van der Waals surface area contributed by atoms with E-state index in [0.717, 1.165) is 5.57 Å². The second-order valence-corrected chi connectivity index (χ2v) is 4.14. The van der Waals surface area contributed by atoms with Crippen molar-refractivity contribution in [3.63, 3.8) is 0 Å². The minimum Gasteiger partial charge on any atom is -0.494 e. The summed E-state index contributed by atoms with van der Waals surface area (Å²) in [5.74, 6) is 0.306. The van der Waals surface area contributed by atoms with Gasteiger partial charge in [-0.05, 0) is 37.6 Å². The second-order valence-electron chi connectivity index (χ2n) is 4.14. The molecule has 0 aromatic heterocycles. The third-order valence-electron chi connectivity index (χ3n) is 2.22. The molecule has 3 nitrogen and oxygen atoms in total. The normalized spacial score (nSPS) is 9.89. The minimum absolute atomic E-state index is 0.0132. The fourth-order valence-corrected chi connectivity index (χ4v) is 1.29. The van der Waals surface area contributed by atoms with Crippen molar-refractivity contribution in [2.75, 3.05) is 13.2 Å². The quantitative estimate of drug-likeness (QED) is 0.597. The molecule has 0 aliphatic carbocycles. The molecule has 1 amide bonds. The van der Waals surface area contributed by atoms with Gasteiger partial charge in [-0.2, -0.15) is 0 Å². The van der Waals surface area contributed by atoms with Gasteiger partial charge < -0.3 is 10.1 Å². The van der Waals surface area contributed by atoms with Crippen LogP contribution in [0.15, 0.2) is 36.4 Å². The Hall–Kier alpha value is -1.84. The van der Waals surface area contributed by atoms with Crippen molar-refractivity contribution in [2.24, 2.45) is 0 Å². The van der Waals surface area contributed by atoms with Crippen LogP contribution in [0.25, 0.3) is 0 Å². The standard InChI is InChI=1S/C14H18FNO2/c1-11(2)10-16-14(17)4-3-9-18-13-7-5-12(15)6-8-13/h5-8H,1,3-4,9-10H2,2H3,(H,16,17). The minimum atomic E-state index is -0.290. The Morgan fingerprint density at radius 2 is 2.06 bits per heavy atom. The summed E-state index contributed by atoms with van der Waals surface area (Å²) in [6.07, 6.45) is 1.04. The number of nitrogens with one attached hydrogen (secondary N) is 1. The lowest BCUT2D eigenvalue weighted by Gasteiger charge is -2.06. The van der Waals surface area contributed by atoms with Crippen LogP contribution in [0.5, 0.6) is 5.75 Å². The Morgan fingerprint density at radius 3 is 2.67 bits per heavy atom. The molecule has 98 valence electrons. The highest BCUT2D eigenvalue weighted by molar-refractivity contribution is 5.76. The molecule has 0 saturated carbocycles. The van der Waals surface area contributed by atoms with Crippen molar-refractivity contribution >= 4 is 5.91 Å². The van der Waals surface area contributed by atoms with Gasteiger partial charge in [-0.25, -0.2) is 4.39 Å². The highest BCUT2D eigenvalue weighted by Crippen LogP contribution is 2.11. The van der Waals surface area contributed by atoms with Gasteiger partial charge in [0.2, 0.25) is 5.91 Å². The van der Waals surface area contributed by atoms with Gasteiger partial charge in [0, 0.05) is 13.0 Å². The van der Waals surface area contributed by atoms with Crippen LogP contribution in [0.1, 0.15) is 19.8 Å². The first-order valence-corrected chi connectivity index (χ1v) is 5.87. The molecule has 0 aliphatic heterocycles. The van der Waals surface area contributed by atoms with Crippen LogP contribution >= 0.6 is 0 Å². The van der Waals surface area contributed by atoms with E-state index < -0.39 is 0 Å². The SMILES string of the molecule is C=C(C)CNC(=O)CCCOc1ccc(F)cc1. The maximum Gasteiger partial charge on any atom is 0.220 e. The summed E-state index contributed by atoms with van der Waals surface area (Å²) in [5, 5.41) is 2.74. The number of rotatable bonds is 7. The molecule has 1 aromatic carbocycles. The zero-order valence-corrected chi connectivity index (χ0v) is 10.5. The van der Waals surface area contributed by atoms with Crippen molar-refractivity contribution in [3.8, 4) is 5.75 Å². The maximum atomic E-state index is 12.6. The Morgan fingerprint density at radius 1 is 1.39 bits per heavy atom. The van der Waals surface area contributed by atoms with E-state index in [1.807, 2.05) is 6.92 Å². The van der Waals surface area contributed by atoms with Gasteiger partial charge in [-0.3, -0.25) is 4.79 Å². The highest BCUT2D eigenvalue weighted by atomic mass is 19.1. The number of hydrogen-bond acceptors (Lipinski definition) is 2. The summed E-state index contributed by atoms with van der Waals surface area (Å²) in [7, 11) is 0. The van der Waals surface area contributed by atoms with E-state index >= 15 is 0 Å². The van der Waals surface area contributed by atoms with Crippen molar-refractivity contribution < 1.29 is 13.9 Å². The van der Waals surface area contributed by atoms with Crippen LogP contribution < -0.4 is 10.1 Å². The number of benzene rings is 1. The predicted molar refractivity (Wildman–Crippen MR) is 69.0 cm³/mol. The molecule has 0 fully saturated rings. The third kappa shape index (κ3) is 6.03. The number of amides is 1. The lowest BCUT2D eigenvalue weighted by atomic mass is 10.3. The van der Waals surface area contributed by atoms with E-state index in [1.165, 1.54) is 12.1 Å². The molecule has 0 bridgehead atoms. The fourth-order valence-electron chi connectivity index (χ4n) is 1.29. The fraction of sp³-hybridized carbons (Fsp3) is 0.357. The van der Waals surface area contributed by atoms with Gasteiger partial charge in [0.15, 0.2) is 0 Å². The summed E-state index contributed by atoms with van der Waals surface area (Å²) in [5.41, 5.74) is 0.922. The molecular formula is C14H18FNO2. The van der Waals surface area contributed by atoms with Crippen LogP contribution in [-0.4, -0.2) is 19.1 Å². The van der Waals surface area contributed by atoms with Gasteiger partial charge in [-0.1, -0.05) is 12.2 Å². The predicted octanol–water partition coefficient (Wildman–Crippen LogP) is 2.68. The lowest BCUT2D eigenvalue weighted by molar-refractivity contribution is -0.121. The first kappa shape index (κ1) is 14.2. The second kappa shape index (κ2) is 7.48. The first-order chi connectivity index (χ1) is 8.58.